The summed E-state index contributed by atoms with van der Waals surface area (Å²) in [6, 6.07) is 13.2. The summed E-state index contributed by atoms with van der Waals surface area (Å²) in [7, 11) is 0. The first-order chi connectivity index (χ1) is 12.8. The molecule has 3 rings (SSSR count). The highest BCUT2D eigenvalue weighted by molar-refractivity contribution is 6.21. The molecular formula is C22H26N2O2. The van der Waals surface area contributed by atoms with Gasteiger partial charge in [-0.25, -0.2) is 0 Å². The number of pyridine rings is 1. The number of rotatable bonds is 10. The fourth-order valence-corrected chi connectivity index (χ4v) is 3.45. The summed E-state index contributed by atoms with van der Waals surface area (Å²) in [6.07, 6.45) is 10.9. The molecule has 2 aromatic rings. The van der Waals surface area contributed by atoms with E-state index in [0.29, 0.717) is 17.7 Å². The Hall–Kier alpha value is -2.49. The number of aromatic nitrogens is 1. The third-order valence-electron chi connectivity index (χ3n) is 4.92. The second kappa shape index (κ2) is 9.27. The minimum absolute atomic E-state index is 0.139. The lowest BCUT2D eigenvalue weighted by molar-refractivity contribution is 0.0651. The van der Waals surface area contributed by atoms with Crippen LogP contribution in [0, 0.1) is 0 Å². The van der Waals surface area contributed by atoms with Gasteiger partial charge in [-0.3, -0.25) is 19.5 Å². The molecule has 1 aromatic carbocycles. The highest BCUT2D eigenvalue weighted by Gasteiger charge is 2.34. The Bertz CT molecular complexity index is 708. The Kier molecular flexibility index (Phi) is 6.53. The highest BCUT2D eigenvalue weighted by Crippen LogP contribution is 2.23. The van der Waals surface area contributed by atoms with Gasteiger partial charge < -0.3 is 0 Å². The summed E-state index contributed by atoms with van der Waals surface area (Å²) >= 11 is 0. The van der Waals surface area contributed by atoms with E-state index in [1.165, 1.54) is 36.3 Å². The first-order valence-corrected chi connectivity index (χ1v) is 9.62. The van der Waals surface area contributed by atoms with Crippen molar-refractivity contribution in [3.63, 3.8) is 0 Å². The number of unbranched alkanes of at least 4 members (excludes halogenated alkanes) is 6. The zero-order chi connectivity index (χ0) is 18.2. The molecule has 0 saturated heterocycles. The minimum atomic E-state index is -0.139. The molecule has 4 nitrogen and oxygen atoms in total. The lowest BCUT2D eigenvalue weighted by Crippen LogP contribution is -2.30. The van der Waals surface area contributed by atoms with Crippen LogP contribution in [0.25, 0.3) is 0 Å². The van der Waals surface area contributed by atoms with E-state index in [2.05, 4.69) is 11.1 Å². The molecule has 0 N–H and O–H groups in total. The molecule has 0 bridgehead atoms. The van der Waals surface area contributed by atoms with Crippen LogP contribution in [-0.2, 0) is 6.42 Å². The molecular weight excluding hydrogens is 324 g/mol. The fourth-order valence-electron chi connectivity index (χ4n) is 3.45. The van der Waals surface area contributed by atoms with Gasteiger partial charge in [-0.1, -0.05) is 50.3 Å². The molecule has 0 fully saturated rings. The van der Waals surface area contributed by atoms with Gasteiger partial charge in [0.2, 0.25) is 0 Å². The number of imide groups is 1. The number of fused-ring (bicyclic) bond motifs is 1. The van der Waals surface area contributed by atoms with Crippen LogP contribution in [0.4, 0.5) is 0 Å². The molecule has 26 heavy (non-hydrogen) atoms. The zero-order valence-corrected chi connectivity index (χ0v) is 15.2. The molecule has 2 amide bonds. The van der Waals surface area contributed by atoms with Crippen molar-refractivity contribution < 1.29 is 9.59 Å². The van der Waals surface area contributed by atoms with Gasteiger partial charge in [0.05, 0.1) is 11.1 Å². The molecule has 1 aromatic heterocycles. The second-order valence-corrected chi connectivity index (χ2v) is 6.85. The number of hydrogen-bond acceptors (Lipinski definition) is 3. The van der Waals surface area contributed by atoms with Crippen molar-refractivity contribution in [3.8, 4) is 0 Å². The minimum Gasteiger partial charge on any atom is -0.274 e. The number of aryl methyl sites for hydroxylation is 1. The molecule has 0 saturated carbocycles. The molecule has 0 aliphatic carbocycles. The van der Waals surface area contributed by atoms with Gasteiger partial charge >= 0.3 is 0 Å². The predicted molar refractivity (Wildman–Crippen MR) is 102 cm³/mol. The van der Waals surface area contributed by atoms with Gasteiger partial charge in [-0.15, -0.1) is 0 Å². The topological polar surface area (TPSA) is 50.3 Å². The van der Waals surface area contributed by atoms with Gasteiger partial charge in [0, 0.05) is 18.4 Å². The molecule has 0 spiro atoms. The van der Waals surface area contributed by atoms with Crippen LogP contribution in [0.3, 0.4) is 0 Å². The van der Waals surface area contributed by atoms with Gasteiger partial charge in [0.1, 0.15) is 0 Å². The summed E-state index contributed by atoms with van der Waals surface area (Å²) in [6.45, 7) is 0.534. The van der Waals surface area contributed by atoms with Gasteiger partial charge in [0.15, 0.2) is 0 Å². The lowest BCUT2D eigenvalue weighted by Gasteiger charge is -2.13. The van der Waals surface area contributed by atoms with Crippen molar-refractivity contribution in [2.24, 2.45) is 0 Å². The molecule has 0 radical (unpaired) electrons. The van der Waals surface area contributed by atoms with E-state index < -0.39 is 0 Å². The van der Waals surface area contributed by atoms with Crippen molar-refractivity contribution >= 4 is 11.8 Å². The second-order valence-electron chi connectivity index (χ2n) is 6.85. The average Bonchev–Trinajstić information content (AvgIpc) is 2.92. The van der Waals surface area contributed by atoms with Crippen LogP contribution in [0.15, 0.2) is 48.7 Å². The fraction of sp³-hybridized carbons (Fsp3) is 0.409. The first-order valence-electron chi connectivity index (χ1n) is 9.62. The number of amides is 2. The van der Waals surface area contributed by atoms with Crippen LogP contribution in [0.5, 0.6) is 0 Å². The smallest absolute Gasteiger partial charge is 0.261 e. The van der Waals surface area contributed by atoms with E-state index in [1.807, 2.05) is 18.3 Å². The van der Waals surface area contributed by atoms with Crippen LogP contribution >= 0.6 is 0 Å². The summed E-state index contributed by atoms with van der Waals surface area (Å²) in [4.78, 5) is 30.3. The predicted octanol–water partition coefficient (Wildman–Crippen LogP) is 4.65. The van der Waals surface area contributed by atoms with Crippen molar-refractivity contribution in [1.29, 1.82) is 0 Å². The molecule has 0 unspecified atom stereocenters. The quantitative estimate of drug-likeness (QED) is 0.463. The van der Waals surface area contributed by atoms with Gasteiger partial charge in [-0.05, 0) is 43.5 Å². The van der Waals surface area contributed by atoms with Crippen LogP contribution in [0.1, 0.15) is 71.4 Å². The summed E-state index contributed by atoms with van der Waals surface area (Å²) < 4.78 is 0. The zero-order valence-electron chi connectivity index (χ0n) is 15.2. The Morgan fingerprint density at radius 3 is 1.88 bits per heavy atom. The van der Waals surface area contributed by atoms with Crippen LogP contribution in [0.2, 0.25) is 0 Å². The maximum absolute atomic E-state index is 12.3. The standard InChI is InChI=1S/C22H26N2O2/c25-21-19-14-7-8-15-20(19)22(26)24(21)17-11-5-3-1-2-4-6-12-18-13-9-10-16-23-18/h7-10,13-16H,1-6,11-12,17H2. The molecule has 136 valence electrons. The summed E-state index contributed by atoms with van der Waals surface area (Å²) in [5.74, 6) is -0.278. The normalized spacial score (nSPS) is 13.3. The Labute approximate surface area is 155 Å². The van der Waals surface area contributed by atoms with E-state index in [1.54, 1.807) is 24.3 Å². The van der Waals surface area contributed by atoms with Crippen molar-refractivity contribution in [2.75, 3.05) is 6.54 Å². The Morgan fingerprint density at radius 2 is 1.27 bits per heavy atom. The highest BCUT2D eigenvalue weighted by atomic mass is 16.2. The molecule has 2 heterocycles. The lowest BCUT2D eigenvalue weighted by atomic mass is 10.1. The largest absolute Gasteiger partial charge is 0.274 e. The summed E-state index contributed by atoms with van der Waals surface area (Å²) in [5, 5.41) is 0. The first kappa shape index (κ1) is 18.3. The van der Waals surface area contributed by atoms with Crippen molar-refractivity contribution in [3.05, 3.63) is 65.5 Å². The van der Waals surface area contributed by atoms with E-state index in [0.717, 1.165) is 25.7 Å². The van der Waals surface area contributed by atoms with E-state index in [-0.39, 0.29) is 11.8 Å². The van der Waals surface area contributed by atoms with Crippen LogP contribution in [-0.4, -0.2) is 28.2 Å². The third kappa shape index (κ3) is 4.57. The number of hydrogen-bond donors (Lipinski definition) is 0. The maximum Gasteiger partial charge on any atom is 0.261 e. The number of nitrogens with zero attached hydrogens (tertiary/aromatic N) is 2. The van der Waals surface area contributed by atoms with Crippen LogP contribution < -0.4 is 0 Å². The molecule has 1 aliphatic rings. The Balaban J connectivity index is 1.25. The van der Waals surface area contributed by atoms with Crippen molar-refractivity contribution in [1.82, 2.24) is 9.88 Å². The average molecular weight is 350 g/mol. The number of carbonyl (C=O) groups is 2. The number of carbonyl (C=O) groups excluding carboxylic acids is 2. The Morgan fingerprint density at radius 1 is 0.692 bits per heavy atom. The SMILES string of the molecule is O=C1c2ccccc2C(=O)N1CCCCCCCCCc1ccccn1. The van der Waals surface area contributed by atoms with E-state index >= 15 is 0 Å². The molecule has 4 heteroatoms. The summed E-state index contributed by atoms with van der Waals surface area (Å²) in [5.41, 5.74) is 2.27. The maximum atomic E-state index is 12.3. The van der Waals surface area contributed by atoms with E-state index in [4.69, 9.17) is 0 Å². The van der Waals surface area contributed by atoms with Crippen molar-refractivity contribution in [2.45, 2.75) is 51.4 Å². The van der Waals surface area contributed by atoms with Gasteiger partial charge in [-0.2, -0.15) is 0 Å². The molecule has 1 aliphatic heterocycles. The number of benzene rings is 1. The molecule has 0 atom stereocenters. The van der Waals surface area contributed by atoms with Gasteiger partial charge in [0.25, 0.3) is 11.8 Å². The van der Waals surface area contributed by atoms with E-state index in [9.17, 15) is 9.59 Å². The monoisotopic (exact) mass is 350 g/mol. The third-order valence-corrected chi connectivity index (χ3v) is 4.92.